The van der Waals surface area contributed by atoms with Crippen LogP contribution in [0.5, 0.6) is 0 Å². The molecule has 0 aromatic rings. The number of amides is 1. The first-order valence-corrected chi connectivity index (χ1v) is 2.83. The molecule has 0 N–H and O–H groups in total. The monoisotopic (exact) mass is 141 g/mol. The zero-order valence-electron chi connectivity index (χ0n) is 6.20. The first-order valence-electron chi connectivity index (χ1n) is 2.83. The van der Waals surface area contributed by atoms with E-state index in [0.717, 1.165) is 5.06 Å². The Morgan fingerprint density at radius 2 is 2.30 bits per heavy atom. The topological polar surface area (TPSA) is 29.5 Å². The molecule has 0 heterocycles. The molecule has 0 fully saturated rings. The highest BCUT2D eigenvalue weighted by molar-refractivity contribution is 5.86. The number of hydroxylamine groups is 2. The maximum Gasteiger partial charge on any atom is 0.269 e. The predicted octanol–water partition coefficient (Wildman–Crippen LogP) is 0.748. The van der Waals surface area contributed by atoms with Gasteiger partial charge in [-0.3, -0.25) is 9.63 Å². The van der Waals surface area contributed by atoms with Gasteiger partial charge in [-0.1, -0.05) is 18.7 Å². The van der Waals surface area contributed by atoms with Crippen molar-refractivity contribution < 1.29 is 9.63 Å². The molecule has 3 nitrogen and oxygen atoms in total. The van der Waals surface area contributed by atoms with E-state index < -0.39 is 0 Å². The molecule has 0 atom stereocenters. The number of hydrogen-bond donors (Lipinski definition) is 0. The van der Waals surface area contributed by atoms with E-state index in [1.54, 1.807) is 6.08 Å². The number of rotatable bonds is 3. The third-order valence-electron chi connectivity index (χ3n) is 0.959. The minimum absolute atomic E-state index is 0.206. The van der Waals surface area contributed by atoms with Gasteiger partial charge < -0.3 is 0 Å². The molecule has 0 aliphatic heterocycles. The third-order valence-corrected chi connectivity index (χ3v) is 0.959. The maximum atomic E-state index is 10.8. The van der Waals surface area contributed by atoms with Crippen LogP contribution in [0.3, 0.4) is 0 Å². The van der Waals surface area contributed by atoms with Crippen LogP contribution in [0.2, 0.25) is 0 Å². The van der Waals surface area contributed by atoms with Gasteiger partial charge in [-0.15, -0.1) is 0 Å². The molecular formula is C7H11NO2. The van der Waals surface area contributed by atoms with Gasteiger partial charge in [-0.2, -0.15) is 0 Å². The lowest BCUT2D eigenvalue weighted by Crippen LogP contribution is -2.22. The van der Waals surface area contributed by atoms with Crippen molar-refractivity contribution in [3.05, 3.63) is 24.8 Å². The van der Waals surface area contributed by atoms with Crippen LogP contribution in [0.1, 0.15) is 0 Å². The molecule has 0 aromatic carbocycles. The normalized spacial score (nSPS) is 9.80. The lowest BCUT2D eigenvalue weighted by atomic mass is 10.4. The van der Waals surface area contributed by atoms with Crippen molar-refractivity contribution in [1.29, 1.82) is 0 Å². The average Bonchev–Trinajstić information content (AvgIpc) is 1.98. The number of hydrogen-bond acceptors (Lipinski definition) is 2. The van der Waals surface area contributed by atoms with E-state index in [-0.39, 0.29) is 5.91 Å². The van der Waals surface area contributed by atoms with Gasteiger partial charge >= 0.3 is 0 Å². The molecule has 0 bridgehead atoms. The van der Waals surface area contributed by atoms with Crippen LogP contribution in [-0.4, -0.2) is 25.1 Å². The van der Waals surface area contributed by atoms with Crippen LogP contribution in [0.15, 0.2) is 24.8 Å². The number of nitrogens with zero attached hydrogens (tertiary/aromatic N) is 1. The zero-order chi connectivity index (χ0) is 7.98. The highest BCUT2D eigenvalue weighted by atomic mass is 16.7. The summed E-state index contributed by atoms with van der Waals surface area (Å²) in [6.07, 6.45) is 4.45. The Bertz CT molecular complexity index is 152. The Labute approximate surface area is 60.5 Å². The van der Waals surface area contributed by atoms with Crippen LogP contribution < -0.4 is 0 Å². The van der Waals surface area contributed by atoms with Crippen molar-refractivity contribution in [2.24, 2.45) is 0 Å². The molecule has 0 saturated heterocycles. The highest BCUT2D eigenvalue weighted by Gasteiger charge is 1.99. The Hall–Kier alpha value is -1.09. The van der Waals surface area contributed by atoms with Gasteiger partial charge in [0, 0.05) is 13.1 Å². The molecule has 0 spiro atoms. The van der Waals surface area contributed by atoms with Crippen LogP contribution in [-0.2, 0) is 9.63 Å². The summed E-state index contributed by atoms with van der Waals surface area (Å²) in [5, 5.41) is 1.12. The molecule has 0 aliphatic rings. The number of allylic oxidation sites excluding steroid dienone is 2. The highest BCUT2D eigenvalue weighted by Crippen LogP contribution is 1.85. The molecule has 1 amide bonds. The maximum absolute atomic E-state index is 10.8. The molecular weight excluding hydrogens is 130 g/mol. The summed E-state index contributed by atoms with van der Waals surface area (Å²) < 4.78 is 0. The molecule has 0 aliphatic carbocycles. The van der Waals surface area contributed by atoms with Crippen LogP contribution in [0, 0.1) is 0 Å². The number of likely N-dealkylation sites (N-methyl/N-ethyl adjacent to an activating group) is 1. The summed E-state index contributed by atoms with van der Waals surface area (Å²) in [6, 6.07) is 0. The second-order valence-corrected chi connectivity index (χ2v) is 1.61. The fraction of sp³-hybridized carbons (Fsp3) is 0.286. The van der Waals surface area contributed by atoms with Crippen molar-refractivity contribution in [2.45, 2.75) is 0 Å². The molecule has 3 heteroatoms. The van der Waals surface area contributed by atoms with Gasteiger partial charge in [-0.05, 0) is 0 Å². The Kier molecular flexibility index (Phi) is 4.24. The summed E-state index contributed by atoms with van der Waals surface area (Å²) >= 11 is 0. The summed E-state index contributed by atoms with van der Waals surface area (Å²) in [5.74, 6) is -0.206. The van der Waals surface area contributed by atoms with Crippen molar-refractivity contribution in [1.82, 2.24) is 5.06 Å². The minimum Gasteiger partial charge on any atom is -0.274 e. The minimum atomic E-state index is -0.206. The van der Waals surface area contributed by atoms with Gasteiger partial charge in [0.05, 0.1) is 7.11 Å². The number of carbonyl (C=O) groups excluding carboxylic acids is 1. The van der Waals surface area contributed by atoms with Gasteiger partial charge in [-0.25, -0.2) is 5.06 Å². The lowest BCUT2D eigenvalue weighted by Gasteiger charge is -2.09. The molecule has 56 valence electrons. The third kappa shape index (κ3) is 3.04. The molecule has 10 heavy (non-hydrogen) atoms. The Morgan fingerprint density at radius 3 is 2.70 bits per heavy atom. The van der Waals surface area contributed by atoms with Crippen molar-refractivity contribution >= 4 is 5.91 Å². The molecule has 0 unspecified atom stereocenters. The molecule has 0 saturated carbocycles. The summed E-state index contributed by atoms with van der Waals surface area (Å²) in [7, 11) is 2.97. The van der Waals surface area contributed by atoms with Crippen molar-refractivity contribution in [2.75, 3.05) is 14.2 Å². The van der Waals surface area contributed by atoms with Crippen LogP contribution in [0.25, 0.3) is 0 Å². The van der Waals surface area contributed by atoms with Crippen molar-refractivity contribution in [3.8, 4) is 0 Å². The predicted molar refractivity (Wildman–Crippen MR) is 39.1 cm³/mol. The first-order chi connectivity index (χ1) is 4.72. The van der Waals surface area contributed by atoms with E-state index in [2.05, 4.69) is 11.4 Å². The second kappa shape index (κ2) is 4.76. The lowest BCUT2D eigenvalue weighted by molar-refractivity contribution is -0.162. The molecule has 0 rings (SSSR count). The van der Waals surface area contributed by atoms with Crippen LogP contribution >= 0.6 is 0 Å². The number of carbonyl (C=O) groups is 1. The smallest absolute Gasteiger partial charge is 0.269 e. The van der Waals surface area contributed by atoms with E-state index >= 15 is 0 Å². The first kappa shape index (κ1) is 8.91. The van der Waals surface area contributed by atoms with Gasteiger partial charge in [0.2, 0.25) is 0 Å². The second-order valence-electron chi connectivity index (χ2n) is 1.61. The largest absolute Gasteiger partial charge is 0.274 e. The fourth-order valence-electron chi connectivity index (χ4n) is 0.345. The summed E-state index contributed by atoms with van der Waals surface area (Å²) in [6.45, 7) is 3.42. The van der Waals surface area contributed by atoms with E-state index in [9.17, 15) is 4.79 Å². The average molecular weight is 141 g/mol. The molecule has 0 radical (unpaired) electrons. The zero-order valence-corrected chi connectivity index (χ0v) is 6.20. The Morgan fingerprint density at radius 1 is 1.70 bits per heavy atom. The summed E-state index contributed by atoms with van der Waals surface area (Å²) in [4.78, 5) is 15.4. The Balaban J connectivity index is 3.83. The summed E-state index contributed by atoms with van der Waals surface area (Å²) in [5.41, 5.74) is 0. The van der Waals surface area contributed by atoms with E-state index in [0.29, 0.717) is 0 Å². The van der Waals surface area contributed by atoms with Crippen molar-refractivity contribution in [3.63, 3.8) is 0 Å². The quantitative estimate of drug-likeness (QED) is 0.330. The SMILES string of the molecule is C=C/C=C/C(=O)N(C)OC. The van der Waals surface area contributed by atoms with E-state index in [1.807, 2.05) is 0 Å². The standard InChI is InChI=1S/C7H11NO2/c1-4-5-6-7(9)8(2)10-3/h4-6H,1H2,2-3H3/b6-5+. The van der Waals surface area contributed by atoms with Gasteiger partial charge in [0.25, 0.3) is 5.91 Å². The van der Waals surface area contributed by atoms with E-state index in [1.165, 1.54) is 26.3 Å². The fourth-order valence-corrected chi connectivity index (χ4v) is 0.345. The van der Waals surface area contributed by atoms with Gasteiger partial charge in [0.1, 0.15) is 0 Å². The molecule has 0 aromatic heterocycles. The van der Waals surface area contributed by atoms with E-state index in [4.69, 9.17) is 0 Å². The van der Waals surface area contributed by atoms with Gasteiger partial charge in [0.15, 0.2) is 0 Å². The van der Waals surface area contributed by atoms with Crippen LogP contribution in [0.4, 0.5) is 0 Å².